The van der Waals surface area contributed by atoms with E-state index in [-0.39, 0.29) is 0 Å². The van der Waals surface area contributed by atoms with Gasteiger partial charge >= 0.3 is 5.97 Å². The van der Waals surface area contributed by atoms with Crippen LogP contribution in [0.5, 0.6) is 5.75 Å². The summed E-state index contributed by atoms with van der Waals surface area (Å²) >= 11 is 0. The Bertz CT molecular complexity index is 492. The number of carbonyl (C=O) groups is 1. The van der Waals surface area contributed by atoms with E-state index in [2.05, 4.69) is 11.4 Å². The van der Waals surface area contributed by atoms with Crippen LogP contribution in [0.15, 0.2) is 12.1 Å². The molecule has 2 rings (SSSR count). The summed E-state index contributed by atoms with van der Waals surface area (Å²) in [4.78, 5) is 11.3. The summed E-state index contributed by atoms with van der Waals surface area (Å²) < 4.78 is 5.40. The molecule has 1 saturated carbocycles. The molecule has 1 fully saturated rings. The zero-order valence-corrected chi connectivity index (χ0v) is 11.7. The van der Waals surface area contributed by atoms with Gasteiger partial charge < -0.3 is 15.2 Å². The fourth-order valence-corrected chi connectivity index (χ4v) is 2.69. The van der Waals surface area contributed by atoms with E-state index in [9.17, 15) is 9.90 Å². The molecule has 1 aromatic carbocycles. The van der Waals surface area contributed by atoms with Gasteiger partial charge in [-0.05, 0) is 43.9 Å². The van der Waals surface area contributed by atoms with E-state index in [4.69, 9.17) is 4.74 Å². The van der Waals surface area contributed by atoms with Gasteiger partial charge in [0.2, 0.25) is 0 Å². The predicted octanol–water partition coefficient (Wildman–Crippen LogP) is 2.98. The minimum Gasteiger partial charge on any atom is -0.494 e. The third kappa shape index (κ3) is 2.53. The van der Waals surface area contributed by atoms with E-state index >= 15 is 0 Å². The van der Waals surface area contributed by atoms with Gasteiger partial charge in [-0.3, -0.25) is 4.79 Å². The first kappa shape index (κ1) is 13.7. The maximum Gasteiger partial charge on any atom is 0.311 e. The maximum absolute atomic E-state index is 11.3. The normalized spacial score (nSPS) is 16.6. The predicted molar refractivity (Wildman–Crippen MR) is 74.9 cm³/mol. The van der Waals surface area contributed by atoms with Crippen molar-refractivity contribution in [3.8, 4) is 5.75 Å². The van der Waals surface area contributed by atoms with Crippen molar-refractivity contribution in [2.24, 2.45) is 5.41 Å². The number of hydrogen-bond acceptors (Lipinski definition) is 3. The number of aryl methyl sites for hydroxylation is 2. The molecule has 1 aliphatic carbocycles. The molecular weight excluding hydrogens is 242 g/mol. The molecule has 0 unspecified atom stereocenters. The van der Waals surface area contributed by atoms with Crippen molar-refractivity contribution in [1.82, 2.24) is 0 Å². The summed E-state index contributed by atoms with van der Waals surface area (Å²) in [5.74, 6) is 0.0973. The van der Waals surface area contributed by atoms with Gasteiger partial charge in [-0.2, -0.15) is 0 Å². The van der Waals surface area contributed by atoms with Crippen LogP contribution in [0, 0.1) is 19.3 Å². The number of ether oxygens (including phenoxy) is 1. The first-order valence-electron chi connectivity index (χ1n) is 6.61. The standard InChI is InChI=1S/C15H21NO3/c1-10-7-11(2)13(19-3)12(8-10)16-9-15(14(17)18)5-4-6-15/h7-8,16H,4-6,9H2,1-3H3,(H,17,18). The van der Waals surface area contributed by atoms with Crippen LogP contribution in [0.1, 0.15) is 30.4 Å². The quantitative estimate of drug-likeness (QED) is 0.857. The summed E-state index contributed by atoms with van der Waals surface area (Å²) in [5.41, 5.74) is 2.48. The van der Waals surface area contributed by atoms with Gasteiger partial charge in [0.15, 0.2) is 0 Å². The zero-order valence-electron chi connectivity index (χ0n) is 11.7. The van der Waals surface area contributed by atoms with E-state index < -0.39 is 11.4 Å². The molecule has 0 heterocycles. The van der Waals surface area contributed by atoms with Gasteiger partial charge in [0, 0.05) is 6.54 Å². The van der Waals surface area contributed by atoms with Gasteiger partial charge in [0.05, 0.1) is 18.2 Å². The van der Waals surface area contributed by atoms with Crippen molar-refractivity contribution in [3.05, 3.63) is 23.3 Å². The molecule has 2 N–H and O–H groups in total. The molecule has 104 valence electrons. The van der Waals surface area contributed by atoms with Crippen LogP contribution < -0.4 is 10.1 Å². The molecule has 0 bridgehead atoms. The van der Waals surface area contributed by atoms with Crippen LogP contribution in [0.2, 0.25) is 0 Å². The Kier molecular flexibility index (Phi) is 3.69. The molecule has 0 amide bonds. The average Bonchev–Trinajstić information content (AvgIpc) is 2.26. The first-order valence-corrected chi connectivity index (χ1v) is 6.61. The SMILES string of the molecule is COc1c(C)cc(C)cc1NCC1(C(=O)O)CCC1. The highest BCUT2D eigenvalue weighted by Crippen LogP contribution is 2.42. The van der Waals surface area contributed by atoms with Crippen LogP contribution >= 0.6 is 0 Å². The maximum atomic E-state index is 11.3. The fourth-order valence-electron chi connectivity index (χ4n) is 2.69. The van der Waals surface area contributed by atoms with Crippen molar-refractivity contribution in [2.75, 3.05) is 19.0 Å². The molecule has 4 heteroatoms. The lowest BCUT2D eigenvalue weighted by Gasteiger charge is -2.38. The Hall–Kier alpha value is -1.71. The number of benzene rings is 1. The van der Waals surface area contributed by atoms with Gasteiger partial charge in [0.1, 0.15) is 5.75 Å². The van der Waals surface area contributed by atoms with Crippen LogP contribution in [-0.2, 0) is 4.79 Å². The topological polar surface area (TPSA) is 58.6 Å². The molecular formula is C15H21NO3. The number of anilines is 1. The molecule has 0 aliphatic heterocycles. The van der Waals surface area contributed by atoms with E-state index in [1.807, 2.05) is 19.9 Å². The molecule has 1 aromatic rings. The lowest BCUT2D eigenvalue weighted by atomic mass is 9.69. The van der Waals surface area contributed by atoms with Crippen LogP contribution in [-0.4, -0.2) is 24.7 Å². The van der Waals surface area contributed by atoms with E-state index in [1.165, 1.54) is 0 Å². The second-order valence-electron chi connectivity index (χ2n) is 5.46. The lowest BCUT2D eigenvalue weighted by Crippen LogP contribution is -2.43. The van der Waals surface area contributed by atoms with Crippen LogP contribution in [0.3, 0.4) is 0 Å². The number of rotatable bonds is 5. The Morgan fingerprint density at radius 3 is 2.58 bits per heavy atom. The zero-order chi connectivity index (χ0) is 14.0. The van der Waals surface area contributed by atoms with Crippen LogP contribution in [0.25, 0.3) is 0 Å². The van der Waals surface area contributed by atoms with Gasteiger partial charge in [-0.15, -0.1) is 0 Å². The van der Waals surface area contributed by atoms with Gasteiger partial charge in [-0.25, -0.2) is 0 Å². The second-order valence-corrected chi connectivity index (χ2v) is 5.46. The highest BCUT2D eigenvalue weighted by atomic mass is 16.5. The molecule has 4 nitrogen and oxygen atoms in total. The molecule has 0 spiro atoms. The highest BCUT2D eigenvalue weighted by Gasteiger charge is 2.44. The third-order valence-electron chi connectivity index (χ3n) is 4.00. The number of methoxy groups -OCH3 is 1. The molecule has 1 aliphatic rings. The fraction of sp³-hybridized carbons (Fsp3) is 0.533. The van der Waals surface area contributed by atoms with Crippen molar-refractivity contribution < 1.29 is 14.6 Å². The van der Waals surface area contributed by atoms with E-state index in [1.54, 1.807) is 7.11 Å². The monoisotopic (exact) mass is 263 g/mol. The molecule has 0 saturated heterocycles. The summed E-state index contributed by atoms with van der Waals surface area (Å²) in [6, 6.07) is 4.06. The second kappa shape index (κ2) is 5.11. The van der Waals surface area contributed by atoms with Crippen molar-refractivity contribution >= 4 is 11.7 Å². The lowest BCUT2D eigenvalue weighted by molar-refractivity contribution is -0.153. The number of carboxylic acids is 1. The summed E-state index contributed by atoms with van der Waals surface area (Å²) in [6.45, 7) is 4.48. The Balaban J connectivity index is 2.17. The molecule has 0 aromatic heterocycles. The number of nitrogens with one attached hydrogen (secondary N) is 1. The molecule has 0 atom stereocenters. The Labute approximate surface area is 113 Å². The summed E-state index contributed by atoms with van der Waals surface area (Å²) in [5, 5.41) is 12.6. The number of carboxylic acid groups (broad SMARTS) is 1. The summed E-state index contributed by atoms with van der Waals surface area (Å²) in [7, 11) is 1.64. The highest BCUT2D eigenvalue weighted by molar-refractivity contribution is 5.77. The van der Waals surface area contributed by atoms with E-state index in [0.29, 0.717) is 6.54 Å². The van der Waals surface area contributed by atoms with Crippen LogP contribution in [0.4, 0.5) is 5.69 Å². The molecule has 0 radical (unpaired) electrons. The molecule has 19 heavy (non-hydrogen) atoms. The Morgan fingerprint density at radius 2 is 2.11 bits per heavy atom. The van der Waals surface area contributed by atoms with Crippen molar-refractivity contribution in [2.45, 2.75) is 33.1 Å². The van der Waals surface area contributed by atoms with Crippen molar-refractivity contribution in [1.29, 1.82) is 0 Å². The first-order chi connectivity index (χ1) is 8.98. The average molecular weight is 263 g/mol. The van der Waals surface area contributed by atoms with Crippen molar-refractivity contribution in [3.63, 3.8) is 0 Å². The summed E-state index contributed by atoms with van der Waals surface area (Å²) in [6.07, 6.45) is 2.50. The number of hydrogen-bond donors (Lipinski definition) is 2. The minimum atomic E-state index is -0.699. The van der Waals surface area contributed by atoms with E-state index in [0.717, 1.165) is 41.8 Å². The number of aliphatic carboxylic acids is 1. The van der Waals surface area contributed by atoms with Gasteiger partial charge in [-0.1, -0.05) is 12.5 Å². The van der Waals surface area contributed by atoms with Gasteiger partial charge in [0.25, 0.3) is 0 Å². The minimum absolute atomic E-state index is 0.460. The third-order valence-corrected chi connectivity index (χ3v) is 4.00. The Morgan fingerprint density at radius 1 is 1.42 bits per heavy atom. The smallest absolute Gasteiger partial charge is 0.311 e. The largest absolute Gasteiger partial charge is 0.494 e.